The van der Waals surface area contributed by atoms with E-state index < -0.39 is 15.9 Å². The van der Waals surface area contributed by atoms with Crippen LogP contribution in [0.15, 0.2) is 73.1 Å². The normalized spacial score (nSPS) is 11.4. The summed E-state index contributed by atoms with van der Waals surface area (Å²) in [4.78, 5) is 21.0. The number of nitrogens with two attached hydrogens (primary N) is 1. The zero-order chi connectivity index (χ0) is 24.8. The molecule has 0 atom stereocenters. The molecule has 0 saturated heterocycles. The monoisotopic (exact) mass is 491 g/mol. The Morgan fingerprint density at radius 3 is 2.31 bits per heavy atom. The average Bonchev–Trinajstić information content (AvgIpc) is 2.87. The van der Waals surface area contributed by atoms with Crippen molar-refractivity contribution in [2.45, 2.75) is 6.42 Å². The first-order valence-corrected chi connectivity index (χ1v) is 12.8. The Balaban J connectivity index is 1.46. The molecule has 0 saturated carbocycles. The molecule has 0 spiro atoms. The second-order valence-corrected chi connectivity index (χ2v) is 9.72. The number of pyridine rings is 2. The molecule has 4 rings (SSSR count). The first kappa shape index (κ1) is 24.3. The van der Waals surface area contributed by atoms with Gasteiger partial charge >= 0.3 is 0 Å². The maximum absolute atomic E-state index is 12.3. The van der Waals surface area contributed by atoms with Crippen molar-refractivity contribution in [3.63, 3.8) is 0 Å². The number of rotatable bonds is 9. The van der Waals surface area contributed by atoms with E-state index in [1.165, 1.54) is 0 Å². The summed E-state index contributed by atoms with van der Waals surface area (Å²) in [5, 5.41) is 0.629. The predicted molar refractivity (Wildman–Crippen MR) is 135 cm³/mol. The zero-order valence-corrected chi connectivity index (χ0v) is 19.9. The molecule has 10 heteroatoms. The Morgan fingerprint density at radius 2 is 1.66 bits per heavy atom. The number of carbonyl (C=O) groups excluding carboxylic acids is 1. The summed E-state index contributed by atoms with van der Waals surface area (Å²) < 4.78 is 30.2. The van der Waals surface area contributed by atoms with Crippen LogP contribution in [-0.2, 0) is 10.0 Å². The number of fused-ring (bicyclic) bond motifs is 1. The van der Waals surface area contributed by atoms with Gasteiger partial charge in [-0.1, -0.05) is 36.4 Å². The first-order chi connectivity index (χ1) is 16.8. The van der Waals surface area contributed by atoms with Gasteiger partial charge in [-0.05, 0) is 41.8 Å². The van der Waals surface area contributed by atoms with Crippen LogP contribution in [0.4, 0.5) is 0 Å². The lowest BCUT2D eigenvalue weighted by Gasteiger charge is -2.10. The molecule has 35 heavy (non-hydrogen) atoms. The molecule has 0 aliphatic rings. The molecule has 1 amide bonds. The third kappa shape index (κ3) is 6.18. The van der Waals surface area contributed by atoms with E-state index in [9.17, 15) is 13.2 Å². The summed E-state index contributed by atoms with van der Waals surface area (Å²) in [6, 6.07) is 19.0. The highest BCUT2D eigenvalue weighted by Gasteiger charge is 2.13. The fourth-order valence-corrected chi connectivity index (χ4v) is 4.09. The van der Waals surface area contributed by atoms with E-state index >= 15 is 0 Å². The number of nitrogens with one attached hydrogen (secondary N) is 2. The van der Waals surface area contributed by atoms with E-state index in [0.717, 1.165) is 22.9 Å². The van der Waals surface area contributed by atoms with Gasteiger partial charge in [-0.3, -0.25) is 15.2 Å². The van der Waals surface area contributed by atoms with Gasteiger partial charge in [0.25, 0.3) is 5.91 Å². The summed E-state index contributed by atoms with van der Waals surface area (Å²) >= 11 is 0. The number of amides is 1. The van der Waals surface area contributed by atoms with Crippen molar-refractivity contribution in [3.05, 3.63) is 78.6 Å². The summed E-state index contributed by atoms with van der Waals surface area (Å²) in [7, 11) is -3.18. The van der Waals surface area contributed by atoms with Gasteiger partial charge in [0.15, 0.2) is 0 Å². The quantitative estimate of drug-likeness (QED) is 0.142. The molecule has 2 aromatic heterocycles. The van der Waals surface area contributed by atoms with Crippen LogP contribution in [-0.4, -0.2) is 43.7 Å². The van der Waals surface area contributed by atoms with Gasteiger partial charge in [0.05, 0.1) is 29.6 Å². The van der Waals surface area contributed by atoms with Crippen LogP contribution in [0.3, 0.4) is 0 Å². The van der Waals surface area contributed by atoms with Gasteiger partial charge in [-0.2, -0.15) is 0 Å². The summed E-state index contributed by atoms with van der Waals surface area (Å²) in [6.45, 7) is 0.750. The number of sulfonamides is 1. The summed E-state index contributed by atoms with van der Waals surface area (Å²) in [5.74, 6) is 5.67. The Bertz CT molecular complexity index is 1440. The maximum atomic E-state index is 12.3. The molecule has 9 nitrogen and oxygen atoms in total. The van der Waals surface area contributed by atoms with E-state index in [1.54, 1.807) is 24.5 Å². The summed E-state index contributed by atoms with van der Waals surface area (Å²) in [5.41, 5.74) is 6.80. The summed E-state index contributed by atoms with van der Waals surface area (Å²) in [6.07, 6.45) is 4.93. The first-order valence-electron chi connectivity index (χ1n) is 10.9. The van der Waals surface area contributed by atoms with Gasteiger partial charge in [0.1, 0.15) is 5.75 Å². The van der Waals surface area contributed by atoms with Crippen molar-refractivity contribution in [2.75, 3.05) is 19.4 Å². The lowest BCUT2D eigenvalue weighted by Crippen LogP contribution is -2.30. The molecule has 4 N–H and O–H groups in total. The van der Waals surface area contributed by atoms with Crippen LogP contribution in [0, 0.1) is 0 Å². The van der Waals surface area contributed by atoms with Crippen LogP contribution < -0.4 is 20.7 Å². The topological polar surface area (TPSA) is 136 Å². The molecular formula is C25H25N5O4S. The number of ether oxygens (including phenoxy) is 1. The van der Waals surface area contributed by atoms with Gasteiger partial charge < -0.3 is 4.74 Å². The second kappa shape index (κ2) is 10.6. The highest BCUT2D eigenvalue weighted by Crippen LogP contribution is 2.28. The smallest absolute Gasteiger partial charge is 0.265 e. The number of hydrogen-bond acceptors (Lipinski definition) is 7. The Kier molecular flexibility index (Phi) is 7.35. The molecule has 2 aromatic carbocycles. The van der Waals surface area contributed by atoms with Crippen LogP contribution in [0.5, 0.6) is 5.75 Å². The minimum atomic E-state index is -3.18. The minimum absolute atomic E-state index is 0.338. The molecule has 0 aliphatic heterocycles. The van der Waals surface area contributed by atoms with Crippen LogP contribution in [0.1, 0.15) is 16.8 Å². The minimum Gasteiger partial charge on any atom is -0.494 e. The van der Waals surface area contributed by atoms with E-state index in [1.807, 2.05) is 48.5 Å². The van der Waals surface area contributed by atoms with E-state index in [0.29, 0.717) is 47.5 Å². The van der Waals surface area contributed by atoms with Gasteiger partial charge in [-0.15, -0.1) is 0 Å². The van der Waals surface area contributed by atoms with Gasteiger partial charge in [-0.25, -0.2) is 24.0 Å². The highest BCUT2D eigenvalue weighted by molar-refractivity contribution is 7.88. The third-order valence-corrected chi connectivity index (χ3v) is 6.04. The zero-order valence-electron chi connectivity index (χ0n) is 19.1. The van der Waals surface area contributed by atoms with Crippen molar-refractivity contribution in [1.82, 2.24) is 20.1 Å². The Hall–Kier alpha value is -3.86. The van der Waals surface area contributed by atoms with Gasteiger partial charge in [0.2, 0.25) is 10.0 Å². The molecule has 0 aliphatic carbocycles. The van der Waals surface area contributed by atoms with Crippen LogP contribution in [0.25, 0.3) is 33.3 Å². The highest BCUT2D eigenvalue weighted by atomic mass is 32.2. The third-order valence-electron chi connectivity index (χ3n) is 5.31. The lowest BCUT2D eigenvalue weighted by atomic mass is 10.0. The number of nitrogen functional groups attached to an aromatic ring is 1. The van der Waals surface area contributed by atoms with Crippen molar-refractivity contribution >= 4 is 26.8 Å². The largest absolute Gasteiger partial charge is 0.494 e. The molecule has 0 unspecified atom stereocenters. The number of aromatic nitrogens is 2. The SMILES string of the molecule is CS(=O)(=O)NCCCOc1ccc(-c2ccc(-c3cc(C(=O)NN)c4cnccc4n3)cc2)cc1. The Labute approximate surface area is 203 Å². The fraction of sp³-hybridized carbons (Fsp3) is 0.160. The van der Waals surface area contributed by atoms with E-state index in [4.69, 9.17) is 10.6 Å². The van der Waals surface area contributed by atoms with E-state index in [-0.39, 0.29) is 0 Å². The molecule has 4 aromatic rings. The number of hydrogen-bond donors (Lipinski definition) is 3. The second-order valence-electron chi connectivity index (χ2n) is 7.89. The average molecular weight is 492 g/mol. The molecule has 0 radical (unpaired) electrons. The van der Waals surface area contributed by atoms with Crippen molar-refractivity contribution in [1.29, 1.82) is 0 Å². The molecular weight excluding hydrogens is 466 g/mol. The van der Waals surface area contributed by atoms with Gasteiger partial charge in [0, 0.05) is 29.9 Å². The number of benzene rings is 2. The predicted octanol–water partition coefficient (Wildman–Crippen LogP) is 2.89. The molecule has 0 fully saturated rings. The van der Waals surface area contributed by atoms with Crippen molar-refractivity contribution in [2.24, 2.45) is 5.84 Å². The molecule has 180 valence electrons. The standard InChI is InChI=1S/C25H25N5O4S/c1-35(32,33)28-12-2-14-34-20-9-7-18(8-10-20)17-3-5-19(6-4-17)24-15-21(25(31)30-26)22-16-27-13-11-23(22)29-24/h3-11,13,15-16,28H,2,12,14,26H2,1H3,(H,30,31). The van der Waals surface area contributed by atoms with Crippen LogP contribution >= 0.6 is 0 Å². The number of nitrogens with zero attached hydrogens (tertiary/aromatic N) is 2. The fourth-order valence-electron chi connectivity index (χ4n) is 3.58. The molecule has 2 heterocycles. The van der Waals surface area contributed by atoms with Crippen molar-refractivity contribution < 1.29 is 17.9 Å². The number of hydrazine groups is 1. The Morgan fingerprint density at radius 1 is 1.00 bits per heavy atom. The van der Waals surface area contributed by atoms with Crippen molar-refractivity contribution in [3.8, 4) is 28.1 Å². The number of carbonyl (C=O) groups is 1. The van der Waals surface area contributed by atoms with E-state index in [2.05, 4.69) is 20.1 Å². The maximum Gasteiger partial charge on any atom is 0.265 e. The molecule has 0 bridgehead atoms. The van der Waals surface area contributed by atoms with Crippen LogP contribution in [0.2, 0.25) is 0 Å². The lowest BCUT2D eigenvalue weighted by molar-refractivity contribution is 0.0955.